The highest BCUT2D eigenvalue weighted by Crippen LogP contribution is 2.29. The van der Waals surface area contributed by atoms with Crippen molar-refractivity contribution in [2.24, 2.45) is 0 Å². The summed E-state index contributed by atoms with van der Waals surface area (Å²) in [6.45, 7) is 6.61. The molecule has 0 bridgehead atoms. The van der Waals surface area contributed by atoms with Crippen LogP contribution in [0.1, 0.15) is 42.6 Å². The summed E-state index contributed by atoms with van der Waals surface area (Å²) in [7, 11) is 1.52. The lowest BCUT2D eigenvalue weighted by Gasteiger charge is -2.18. The Morgan fingerprint density at radius 3 is 2.44 bits per heavy atom. The summed E-state index contributed by atoms with van der Waals surface area (Å²) in [5.41, 5.74) is 2.72. The first kappa shape index (κ1) is 18.6. The molecular weight excluding hydrogens is 344 g/mol. The van der Waals surface area contributed by atoms with Crippen LogP contribution in [0.2, 0.25) is 0 Å². The van der Waals surface area contributed by atoms with Crippen LogP contribution in [0, 0.1) is 0 Å². The van der Waals surface area contributed by atoms with E-state index in [0.29, 0.717) is 28.8 Å². The number of aromatic nitrogens is 2. The molecule has 3 aromatic rings. The molecule has 0 fully saturated rings. The van der Waals surface area contributed by atoms with Crippen LogP contribution in [0.3, 0.4) is 0 Å². The predicted molar refractivity (Wildman–Crippen MR) is 101 cm³/mol. The van der Waals surface area contributed by atoms with Crippen molar-refractivity contribution in [1.29, 1.82) is 0 Å². The van der Waals surface area contributed by atoms with Gasteiger partial charge in [0.1, 0.15) is 6.29 Å². The van der Waals surface area contributed by atoms with Gasteiger partial charge in [-0.3, -0.25) is 4.79 Å². The van der Waals surface area contributed by atoms with Gasteiger partial charge in [-0.05, 0) is 29.2 Å². The Kier molecular flexibility index (Phi) is 5.26. The van der Waals surface area contributed by atoms with Crippen molar-refractivity contribution in [3.05, 3.63) is 59.5 Å². The van der Waals surface area contributed by atoms with Crippen LogP contribution in [0.4, 0.5) is 0 Å². The molecule has 3 rings (SSSR count). The lowest BCUT2D eigenvalue weighted by Crippen LogP contribution is -2.10. The summed E-state index contributed by atoms with van der Waals surface area (Å²) in [6.07, 6.45) is 0.752. The van der Waals surface area contributed by atoms with Crippen molar-refractivity contribution in [3.63, 3.8) is 0 Å². The fourth-order valence-corrected chi connectivity index (χ4v) is 2.57. The van der Waals surface area contributed by atoms with Gasteiger partial charge < -0.3 is 14.0 Å². The van der Waals surface area contributed by atoms with E-state index in [1.165, 1.54) is 12.7 Å². The minimum atomic E-state index is 0.0905. The summed E-state index contributed by atoms with van der Waals surface area (Å²) in [4.78, 5) is 15.2. The highest BCUT2D eigenvalue weighted by Gasteiger charge is 2.15. The minimum Gasteiger partial charge on any atom is -0.493 e. The first-order valence-electron chi connectivity index (χ1n) is 8.60. The molecule has 6 heteroatoms. The number of ether oxygens (including phenoxy) is 2. The highest BCUT2D eigenvalue weighted by atomic mass is 16.5. The average molecular weight is 366 g/mol. The Hall–Kier alpha value is -3.15. The summed E-state index contributed by atoms with van der Waals surface area (Å²) in [6, 6.07) is 13.0. The SMILES string of the molecule is COc1cc(C=O)ccc1OCc1nc(-c2ccc(C(C)(C)C)cc2)no1. The normalized spacial score (nSPS) is 11.3. The molecule has 140 valence electrons. The van der Waals surface area contributed by atoms with E-state index in [9.17, 15) is 4.79 Å². The molecular formula is C21H22N2O4. The number of carbonyl (C=O) groups is 1. The van der Waals surface area contributed by atoms with Gasteiger partial charge in [0, 0.05) is 11.1 Å². The molecule has 0 aliphatic rings. The van der Waals surface area contributed by atoms with Crippen LogP contribution in [0.15, 0.2) is 47.0 Å². The van der Waals surface area contributed by atoms with Gasteiger partial charge >= 0.3 is 0 Å². The van der Waals surface area contributed by atoms with Crippen molar-refractivity contribution in [2.75, 3.05) is 7.11 Å². The van der Waals surface area contributed by atoms with Gasteiger partial charge in [0.25, 0.3) is 5.89 Å². The number of hydrogen-bond acceptors (Lipinski definition) is 6. The number of rotatable bonds is 6. The maximum Gasteiger partial charge on any atom is 0.264 e. The van der Waals surface area contributed by atoms with Crippen LogP contribution in [-0.2, 0) is 12.0 Å². The van der Waals surface area contributed by atoms with E-state index in [2.05, 4.69) is 43.0 Å². The summed E-state index contributed by atoms with van der Waals surface area (Å²) >= 11 is 0. The fraction of sp³-hybridized carbons (Fsp3) is 0.286. The zero-order valence-corrected chi connectivity index (χ0v) is 15.9. The second-order valence-corrected chi connectivity index (χ2v) is 7.16. The summed E-state index contributed by atoms with van der Waals surface area (Å²) in [5, 5.41) is 4.02. The van der Waals surface area contributed by atoms with Gasteiger partial charge in [-0.2, -0.15) is 4.98 Å². The Labute approximate surface area is 158 Å². The number of methoxy groups -OCH3 is 1. The molecule has 2 aromatic carbocycles. The average Bonchev–Trinajstić information content (AvgIpc) is 3.14. The van der Waals surface area contributed by atoms with Crippen LogP contribution in [-0.4, -0.2) is 23.5 Å². The molecule has 0 unspecified atom stereocenters. The standard InChI is InChI=1S/C21H22N2O4/c1-21(2,3)16-8-6-15(7-9-16)20-22-19(27-23-20)13-26-17-10-5-14(12-24)11-18(17)25-4/h5-12H,13H2,1-4H3. The van der Waals surface area contributed by atoms with Crippen molar-refractivity contribution < 1.29 is 18.8 Å². The second kappa shape index (κ2) is 7.61. The van der Waals surface area contributed by atoms with Gasteiger partial charge in [0.2, 0.25) is 5.82 Å². The van der Waals surface area contributed by atoms with E-state index < -0.39 is 0 Å². The number of carbonyl (C=O) groups excluding carboxylic acids is 1. The molecule has 0 aliphatic carbocycles. The molecule has 27 heavy (non-hydrogen) atoms. The number of hydrogen-bond donors (Lipinski definition) is 0. The molecule has 0 amide bonds. The van der Waals surface area contributed by atoms with E-state index in [1.807, 2.05) is 12.1 Å². The van der Waals surface area contributed by atoms with Gasteiger partial charge in [-0.15, -0.1) is 0 Å². The third-order valence-electron chi connectivity index (χ3n) is 4.15. The van der Waals surface area contributed by atoms with Crippen LogP contribution in [0.5, 0.6) is 11.5 Å². The molecule has 1 aromatic heterocycles. The van der Waals surface area contributed by atoms with Crippen molar-refractivity contribution >= 4 is 6.29 Å². The Balaban J connectivity index is 1.71. The molecule has 1 heterocycles. The van der Waals surface area contributed by atoms with E-state index in [1.54, 1.807) is 18.2 Å². The zero-order valence-electron chi connectivity index (χ0n) is 15.9. The Morgan fingerprint density at radius 2 is 1.81 bits per heavy atom. The Bertz CT molecular complexity index is 924. The lowest BCUT2D eigenvalue weighted by molar-refractivity contribution is 0.112. The third kappa shape index (κ3) is 4.34. The molecule has 0 atom stereocenters. The maximum atomic E-state index is 10.8. The van der Waals surface area contributed by atoms with Crippen LogP contribution >= 0.6 is 0 Å². The number of nitrogens with zero attached hydrogens (tertiary/aromatic N) is 2. The third-order valence-corrected chi connectivity index (χ3v) is 4.15. The van der Waals surface area contributed by atoms with Gasteiger partial charge in [-0.1, -0.05) is 50.2 Å². The van der Waals surface area contributed by atoms with E-state index in [4.69, 9.17) is 14.0 Å². The number of benzene rings is 2. The Morgan fingerprint density at radius 1 is 1.07 bits per heavy atom. The molecule has 0 radical (unpaired) electrons. The largest absolute Gasteiger partial charge is 0.493 e. The maximum absolute atomic E-state index is 10.8. The first-order valence-corrected chi connectivity index (χ1v) is 8.60. The first-order chi connectivity index (χ1) is 12.9. The molecule has 0 aliphatic heterocycles. The van der Waals surface area contributed by atoms with Crippen LogP contribution in [0.25, 0.3) is 11.4 Å². The molecule has 0 N–H and O–H groups in total. The van der Waals surface area contributed by atoms with E-state index in [0.717, 1.165) is 11.8 Å². The smallest absolute Gasteiger partial charge is 0.264 e. The van der Waals surface area contributed by atoms with Crippen molar-refractivity contribution in [2.45, 2.75) is 32.8 Å². The topological polar surface area (TPSA) is 74.5 Å². The second-order valence-electron chi connectivity index (χ2n) is 7.16. The van der Waals surface area contributed by atoms with Gasteiger partial charge in [0.15, 0.2) is 18.1 Å². The zero-order chi connectivity index (χ0) is 19.4. The molecule has 0 spiro atoms. The summed E-state index contributed by atoms with van der Waals surface area (Å²) < 4.78 is 16.2. The highest BCUT2D eigenvalue weighted by molar-refractivity contribution is 5.76. The molecule has 6 nitrogen and oxygen atoms in total. The molecule has 0 saturated carbocycles. The summed E-state index contributed by atoms with van der Waals surface area (Å²) in [5.74, 6) is 1.83. The van der Waals surface area contributed by atoms with Crippen molar-refractivity contribution in [3.8, 4) is 22.9 Å². The van der Waals surface area contributed by atoms with Crippen molar-refractivity contribution in [1.82, 2.24) is 10.1 Å². The monoisotopic (exact) mass is 366 g/mol. The van der Waals surface area contributed by atoms with E-state index in [-0.39, 0.29) is 12.0 Å². The van der Waals surface area contributed by atoms with Gasteiger partial charge in [0.05, 0.1) is 7.11 Å². The van der Waals surface area contributed by atoms with Gasteiger partial charge in [-0.25, -0.2) is 0 Å². The number of aldehydes is 1. The fourth-order valence-electron chi connectivity index (χ4n) is 2.57. The lowest BCUT2D eigenvalue weighted by atomic mass is 9.87. The predicted octanol–water partition coefficient (Wildman–Crippen LogP) is 4.43. The van der Waals surface area contributed by atoms with Crippen LogP contribution < -0.4 is 9.47 Å². The molecule has 0 saturated heterocycles. The quantitative estimate of drug-likeness (QED) is 0.601. The van der Waals surface area contributed by atoms with E-state index >= 15 is 0 Å². The minimum absolute atomic E-state index is 0.0905.